The van der Waals surface area contributed by atoms with Gasteiger partial charge in [-0.05, 0) is 54.7 Å². The number of fused-ring (bicyclic) bond motifs is 4. The summed E-state index contributed by atoms with van der Waals surface area (Å²) in [7, 11) is 0. The van der Waals surface area contributed by atoms with E-state index in [2.05, 4.69) is 21.4 Å². The van der Waals surface area contributed by atoms with Crippen molar-refractivity contribution in [2.24, 2.45) is 0 Å². The van der Waals surface area contributed by atoms with Crippen LogP contribution in [-0.2, 0) is 17.6 Å². The van der Waals surface area contributed by atoms with E-state index in [1.807, 2.05) is 42.6 Å². The Morgan fingerprint density at radius 1 is 1.15 bits per heavy atom. The molecule has 2 aromatic heterocycles. The smallest absolute Gasteiger partial charge is 0.225 e. The Labute approximate surface area is 161 Å². The van der Waals surface area contributed by atoms with Gasteiger partial charge in [0.25, 0.3) is 0 Å². The Balaban J connectivity index is 1.40. The number of rotatable bonds is 3. The third-order valence-electron chi connectivity index (χ3n) is 5.53. The molecule has 0 fully saturated rings. The summed E-state index contributed by atoms with van der Waals surface area (Å²) in [6.45, 7) is 0. The number of aromatic nitrogens is 2. The van der Waals surface area contributed by atoms with E-state index in [0.29, 0.717) is 6.42 Å². The Bertz CT molecular complexity index is 1160. The predicted molar refractivity (Wildman–Crippen MR) is 109 cm³/mol. The number of carbonyl (C=O) groups is 1. The number of halogens is 1. The van der Waals surface area contributed by atoms with Gasteiger partial charge in [0.2, 0.25) is 5.91 Å². The summed E-state index contributed by atoms with van der Waals surface area (Å²) in [4.78, 5) is 19.5. The zero-order chi connectivity index (χ0) is 18.4. The molecule has 4 nitrogen and oxygen atoms in total. The number of nitrogens with one attached hydrogen (secondary N) is 3. The Morgan fingerprint density at radius 3 is 2.96 bits per heavy atom. The molecule has 0 bridgehead atoms. The van der Waals surface area contributed by atoms with E-state index in [4.69, 9.17) is 11.6 Å². The molecule has 1 aliphatic carbocycles. The maximum Gasteiger partial charge on any atom is 0.225 e. The first kappa shape index (κ1) is 16.5. The number of carbonyl (C=O) groups excluding carboxylic acids is 1. The van der Waals surface area contributed by atoms with Gasteiger partial charge >= 0.3 is 0 Å². The van der Waals surface area contributed by atoms with Crippen LogP contribution in [-0.4, -0.2) is 15.9 Å². The van der Waals surface area contributed by atoms with E-state index in [0.717, 1.165) is 52.0 Å². The first-order valence-electron chi connectivity index (χ1n) is 9.33. The molecule has 1 amide bonds. The molecule has 0 saturated heterocycles. The van der Waals surface area contributed by atoms with Crippen LogP contribution in [0.2, 0.25) is 5.02 Å². The molecule has 1 aliphatic rings. The molecular formula is C22H20ClN3O. The molecule has 0 radical (unpaired) electrons. The summed E-state index contributed by atoms with van der Waals surface area (Å²) in [5, 5.41) is 6.26. The van der Waals surface area contributed by atoms with Crippen molar-refractivity contribution in [3.63, 3.8) is 0 Å². The molecule has 0 spiro atoms. The molecule has 4 aromatic rings. The number of H-pyrrole nitrogens is 2. The SMILES string of the molecule is O=C(Cc1c[nH]c2ccccc12)N[C@H]1CCCc2c1[nH]c1ccc(Cl)cc21. The molecule has 2 heterocycles. The number of benzene rings is 2. The summed E-state index contributed by atoms with van der Waals surface area (Å²) >= 11 is 6.18. The second-order valence-corrected chi connectivity index (χ2v) is 7.69. The van der Waals surface area contributed by atoms with Crippen molar-refractivity contribution in [3.05, 3.63) is 70.5 Å². The molecule has 3 N–H and O–H groups in total. The minimum Gasteiger partial charge on any atom is -0.361 e. The van der Waals surface area contributed by atoms with Gasteiger partial charge in [-0.25, -0.2) is 0 Å². The van der Waals surface area contributed by atoms with Gasteiger partial charge in [-0.3, -0.25) is 4.79 Å². The standard InChI is InChI=1S/C22H20ClN3O/c23-14-8-9-19-17(11-14)16-5-3-7-20(22(16)26-19)25-21(27)10-13-12-24-18-6-2-1-4-15(13)18/h1-2,4,6,8-9,11-12,20,24,26H,3,5,7,10H2,(H,25,27)/t20-/m0/s1. The maximum absolute atomic E-state index is 12.7. The van der Waals surface area contributed by atoms with E-state index in [1.165, 1.54) is 10.9 Å². The van der Waals surface area contributed by atoms with Crippen molar-refractivity contribution < 1.29 is 4.79 Å². The highest BCUT2D eigenvalue weighted by molar-refractivity contribution is 6.31. The van der Waals surface area contributed by atoms with Crippen molar-refractivity contribution in [3.8, 4) is 0 Å². The van der Waals surface area contributed by atoms with E-state index in [9.17, 15) is 4.79 Å². The highest BCUT2D eigenvalue weighted by Crippen LogP contribution is 2.35. The molecule has 1 atom stereocenters. The van der Waals surface area contributed by atoms with Crippen LogP contribution in [0.5, 0.6) is 0 Å². The lowest BCUT2D eigenvalue weighted by Gasteiger charge is -2.24. The molecule has 0 unspecified atom stereocenters. The topological polar surface area (TPSA) is 60.7 Å². The van der Waals surface area contributed by atoms with Gasteiger partial charge in [-0.1, -0.05) is 29.8 Å². The first-order chi connectivity index (χ1) is 13.2. The molecule has 5 heteroatoms. The fourth-order valence-electron chi connectivity index (χ4n) is 4.28. The van der Waals surface area contributed by atoms with Gasteiger partial charge in [0.1, 0.15) is 0 Å². The van der Waals surface area contributed by atoms with E-state index < -0.39 is 0 Å². The predicted octanol–water partition coefficient (Wildman–Crippen LogP) is 5.04. The zero-order valence-electron chi connectivity index (χ0n) is 14.8. The summed E-state index contributed by atoms with van der Waals surface area (Å²) < 4.78 is 0. The Kier molecular flexibility index (Phi) is 3.94. The fourth-order valence-corrected chi connectivity index (χ4v) is 4.45. The largest absolute Gasteiger partial charge is 0.361 e. The Hall–Kier alpha value is -2.72. The second-order valence-electron chi connectivity index (χ2n) is 7.26. The van der Waals surface area contributed by atoms with Crippen molar-refractivity contribution >= 4 is 39.3 Å². The number of para-hydroxylation sites is 1. The third kappa shape index (κ3) is 2.90. The summed E-state index contributed by atoms with van der Waals surface area (Å²) in [5.41, 5.74) is 5.60. The third-order valence-corrected chi connectivity index (χ3v) is 5.77. The maximum atomic E-state index is 12.7. The van der Waals surface area contributed by atoms with Gasteiger partial charge in [-0.15, -0.1) is 0 Å². The van der Waals surface area contributed by atoms with Gasteiger partial charge in [-0.2, -0.15) is 0 Å². The van der Waals surface area contributed by atoms with Crippen molar-refractivity contribution in [1.29, 1.82) is 0 Å². The van der Waals surface area contributed by atoms with Crippen LogP contribution in [0.3, 0.4) is 0 Å². The van der Waals surface area contributed by atoms with Crippen LogP contribution in [0.25, 0.3) is 21.8 Å². The first-order valence-corrected chi connectivity index (χ1v) is 9.71. The molecule has 136 valence electrons. The lowest BCUT2D eigenvalue weighted by molar-refractivity contribution is -0.121. The Morgan fingerprint density at radius 2 is 2.04 bits per heavy atom. The van der Waals surface area contributed by atoms with Crippen LogP contribution in [0.15, 0.2) is 48.7 Å². The molecule has 0 aliphatic heterocycles. The average Bonchev–Trinajstić information content (AvgIpc) is 3.24. The van der Waals surface area contributed by atoms with Gasteiger partial charge < -0.3 is 15.3 Å². The van der Waals surface area contributed by atoms with E-state index in [-0.39, 0.29) is 11.9 Å². The van der Waals surface area contributed by atoms with Crippen LogP contribution in [0, 0.1) is 0 Å². The lowest BCUT2D eigenvalue weighted by Crippen LogP contribution is -2.32. The number of hydrogen-bond acceptors (Lipinski definition) is 1. The summed E-state index contributed by atoms with van der Waals surface area (Å²) in [6.07, 6.45) is 5.34. The lowest BCUT2D eigenvalue weighted by atomic mass is 9.91. The monoisotopic (exact) mass is 377 g/mol. The average molecular weight is 378 g/mol. The van der Waals surface area contributed by atoms with Crippen LogP contribution in [0.4, 0.5) is 0 Å². The molecule has 0 saturated carbocycles. The highest BCUT2D eigenvalue weighted by Gasteiger charge is 2.25. The highest BCUT2D eigenvalue weighted by atomic mass is 35.5. The zero-order valence-corrected chi connectivity index (χ0v) is 15.6. The molecular weight excluding hydrogens is 358 g/mol. The van der Waals surface area contributed by atoms with Crippen molar-refractivity contribution in [1.82, 2.24) is 15.3 Å². The number of aryl methyl sites for hydroxylation is 1. The van der Waals surface area contributed by atoms with Gasteiger partial charge in [0, 0.05) is 38.7 Å². The quantitative estimate of drug-likeness (QED) is 0.460. The minimum absolute atomic E-state index is 0.0256. The fraction of sp³-hybridized carbons (Fsp3) is 0.227. The number of amides is 1. The van der Waals surface area contributed by atoms with Crippen LogP contribution >= 0.6 is 11.6 Å². The number of aromatic amines is 2. The number of hydrogen-bond donors (Lipinski definition) is 3. The van der Waals surface area contributed by atoms with Gasteiger partial charge in [0.15, 0.2) is 0 Å². The van der Waals surface area contributed by atoms with E-state index in [1.54, 1.807) is 0 Å². The van der Waals surface area contributed by atoms with Crippen molar-refractivity contribution in [2.45, 2.75) is 31.7 Å². The van der Waals surface area contributed by atoms with Gasteiger partial charge in [0.05, 0.1) is 12.5 Å². The second kappa shape index (κ2) is 6.46. The normalized spacial score (nSPS) is 16.6. The molecule has 2 aromatic carbocycles. The van der Waals surface area contributed by atoms with Crippen LogP contribution in [0.1, 0.15) is 35.7 Å². The molecule has 5 rings (SSSR count). The van der Waals surface area contributed by atoms with Crippen LogP contribution < -0.4 is 5.32 Å². The molecule has 27 heavy (non-hydrogen) atoms. The van der Waals surface area contributed by atoms with E-state index >= 15 is 0 Å². The van der Waals surface area contributed by atoms with Crippen molar-refractivity contribution in [2.75, 3.05) is 0 Å². The summed E-state index contributed by atoms with van der Waals surface area (Å²) in [6, 6.07) is 14.0. The minimum atomic E-state index is 0.0256. The summed E-state index contributed by atoms with van der Waals surface area (Å²) in [5.74, 6) is 0.0503.